The van der Waals surface area contributed by atoms with Gasteiger partial charge in [0.2, 0.25) is 5.91 Å². The maximum atomic E-state index is 12.8. The molecule has 0 spiro atoms. The van der Waals surface area contributed by atoms with Crippen LogP contribution in [0.3, 0.4) is 0 Å². The van der Waals surface area contributed by atoms with Crippen LogP contribution in [-0.4, -0.2) is 59.5 Å². The summed E-state index contributed by atoms with van der Waals surface area (Å²) >= 11 is 0. The molecule has 1 unspecified atom stereocenters. The molecular weight excluding hydrogens is 278 g/mol. The Morgan fingerprint density at radius 3 is 2.68 bits per heavy atom. The van der Waals surface area contributed by atoms with Crippen LogP contribution in [0.5, 0.6) is 0 Å². The number of carbonyl (C=O) groups excluding carboxylic acids is 1. The van der Waals surface area contributed by atoms with E-state index in [2.05, 4.69) is 34.0 Å². The van der Waals surface area contributed by atoms with Gasteiger partial charge in [-0.05, 0) is 24.8 Å². The molecule has 22 heavy (non-hydrogen) atoms. The van der Waals surface area contributed by atoms with Crippen LogP contribution in [-0.2, 0) is 4.79 Å². The van der Waals surface area contributed by atoms with Crippen molar-refractivity contribution in [1.29, 1.82) is 0 Å². The highest BCUT2D eigenvalue weighted by atomic mass is 16.2. The highest BCUT2D eigenvalue weighted by Crippen LogP contribution is 2.31. The smallest absolute Gasteiger partial charge is 0.240 e. The first-order chi connectivity index (χ1) is 10.6. The predicted octanol–water partition coefficient (Wildman–Crippen LogP) is 0.903. The van der Waals surface area contributed by atoms with Gasteiger partial charge in [0, 0.05) is 38.6 Å². The molecule has 1 aromatic rings. The lowest BCUT2D eigenvalue weighted by Crippen LogP contribution is -2.59. The zero-order valence-electron chi connectivity index (χ0n) is 13.5. The fraction of sp³-hybridized carbons (Fsp3) is 0.688. The van der Waals surface area contributed by atoms with E-state index in [1.54, 1.807) is 18.6 Å². The average Bonchev–Trinajstić information content (AvgIpc) is 2.55. The molecule has 1 N–H and O–H groups in total. The Morgan fingerprint density at radius 1 is 1.27 bits per heavy atom. The number of nitrogens with zero attached hydrogens (tertiary/aromatic N) is 4. The Kier molecular flexibility index (Phi) is 4.29. The Balaban J connectivity index is 1.60. The quantitative estimate of drug-likeness (QED) is 0.880. The van der Waals surface area contributed by atoms with Gasteiger partial charge >= 0.3 is 0 Å². The maximum absolute atomic E-state index is 12.8. The van der Waals surface area contributed by atoms with Crippen molar-refractivity contribution in [2.24, 2.45) is 5.41 Å². The third-order valence-electron chi connectivity index (χ3n) is 4.84. The average molecular weight is 303 g/mol. The van der Waals surface area contributed by atoms with Crippen molar-refractivity contribution in [3.8, 4) is 0 Å². The largest absolute Gasteiger partial charge is 0.352 e. The number of piperazine rings is 1. The fourth-order valence-electron chi connectivity index (χ4n) is 3.43. The van der Waals surface area contributed by atoms with Crippen molar-refractivity contribution in [2.75, 3.05) is 37.6 Å². The van der Waals surface area contributed by atoms with E-state index in [-0.39, 0.29) is 17.4 Å². The van der Waals surface area contributed by atoms with Crippen LogP contribution in [0.25, 0.3) is 0 Å². The van der Waals surface area contributed by atoms with Gasteiger partial charge < -0.3 is 15.1 Å². The monoisotopic (exact) mass is 303 g/mol. The SMILES string of the molecule is CC1(C)CCCNC1C(=O)N1CCN(c2cnccn2)CC1. The second kappa shape index (κ2) is 6.20. The minimum Gasteiger partial charge on any atom is -0.352 e. The topological polar surface area (TPSA) is 61.4 Å². The molecule has 6 heteroatoms. The lowest BCUT2D eigenvalue weighted by atomic mass is 9.77. The van der Waals surface area contributed by atoms with Crippen molar-refractivity contribution in [3.05, 3.63) is 18.6 Å². The van der Waals surface area contributed by atoms with Gasteiger partial charge in [-0.3, -0.25) is 9.78 Å². The fourth-order valence-corrected chi connectivity index (χ4v) is 3.43. The van der Waals surface area contributed by atoms with Crippen molar-refractivity contribution < 1.29 is 4.79 Å². The first-order valence-electron chi connectivity index (χ1n) is 8.11. The molecule has 120 valence electrons. The van der Waals surface area contributed by atoms with Gasteiger partial charge in [0.05, 0.1) is 12.2 Å². The summed E-state index contributed by atoms with van der Waals surface area (Å²) in [5, 5.41) is 3.42. The van der Waals surface area contributed by atoms with Gasteiger partial charge in [-0.15, -0.1) is 0 Å². The van der Waals surface area contributed by atoms with Gasteiger partial charge in [0.25, 0.3) is 0 Å². The van der Waals surface area contributed by atoms with Crippen LogP contribution in [0.4, 0.5) is 5.82 Å². The summed E-state index contributed by atoms with van der Waals surface area (Å²) in [4.78, 5) is 25.5. The van der Waals surface area contributed by atoms with Gasteiger partial charge in [0.1, 0.15) is 5.82 Å². The third kappa shape index (κ3) is 3.06. The van der Waals surface area contributed by atoms with Crippen molar-refractivity contribution in [2.45, 2.75) is 32.7 Å². The van der Waals surface area contributed by atoms with E-state index in [1.165, 1.54) is 0 Å². The molecule has 2 saturated heterocycles. The molecule has 2 aliphatic rings. The standard InChI is InChI=1S/C16H25N5O/c1-16(2)4-3-5-19-14(16)15(22)21-10-8-20(9-11-21)13-12-17-6-7-18-13/h6-7,12,14,19H,3-5,8-11H2,1-2H3. The molecule has 0 saturated carbocycles. The van der Waals surface area contributed by atoms with Gasteiger partial charge in [0.15, 0.2) is 0 Å². The highest BCUT2D eigenvalue weighted by Gasteiger charge is 2.39. The van der Waals surface area contributed by atoms with E-state index >= 15 is 0 Å². The molecule has 2 fully saturated rings. The molecule has 3 rings (SSSR count). The molecule has 6 nitrogen and oxygen atoms in total. The molecule has 0 radical (unpaired) electrons. The van der Waals surface area contributed by atoms with Gasteiger partial charge in [-0.1, -0.05) is 13.8 Å². The summed E-state index contributed by atoms with van der Waals surface area (Å²) in [7, 11) is 0. The van der Waals surface area contributed by atoms with Gasteiger partial charge in [-0.2, -0.15) is 0 Å². The summed E-state index contributed by atoms with van der Waals surface area (Å²) in [6.07, 6.45) is 7.43. The number of nitrogens with one attached hydrogen (secondary N) is 1. The number of anilines is 1. The van der Waals surface area contributed by atoms with Gasteiger partial charge in [-0.25, -0.2) is 4.98 Å². The first kappa shape index (κ1) is 15.2. The van der Waals surface area contributed by atoms with Crippen LogP contribution >= 0.6 is 0 Å². The minimum atomic E-state index is -0.0516. The minimum absolute atomic E-state index is 0.0391. The predicted molar refractivity (Wildman–Crippen MR) is 85.6 cm³/mol. The second-order valence-corrected chi connectivity index (χ2v) is 6.86. The first-order valence-corrected chi connectivity index (χ1v) is 8.11. The summed E-state index contributed by atoms with van der Waals surface area (Å²) in [6.45, 7) is 8.47. The molecule has 1 aromatic heterocycles. The number of piperidine rings is 1. The van der Waals surface area contributed by atoms with Crippen molar-refractivity contribution in [3.63, 3.8) is 0 Å². The van der Waals surface area contributed by atoms with Crippen LogP contribution < -0.4 is 10.2 Å². The van der Waals surface area contributed by atoms with Crippen molar-refractivity contribution in [1.82, 2.24) is 20.2 Å². The van der Waals surface area contributed by atoms with Crippen molar-refractivity contribution >= 4 is 11.7 Å². The highest BCUT2D eigenvalue weighted by molar-refractivity contribution is 5.83. The molecule has 3 heterocycles. The molecule has 0 aliphatic carbocycles. The number of carbonyl (C=O) groups is 1. The summed E-state index contributed by atoms with van der Waals surface area (Å²) < 4.78 is 0. The molecule has 1 amide bonds. The molecular formula is C16H25N5O. The van der Waals surface area contributed by atoms with Crippen LogP contribution in [0.1, 0.15) is 26.7 Å². The Morgan fingerprint density at radius 2 is 2.05 bits per heavy atom. The maximum Gasteiger partial charge on any atom is 0.240 e. The number of amides is 1. The number of hydrogen-bond donors (Lipinski definition) is 1. The summed E-state index contributed by atoms with van der Waals surface area (Å²) in [6, 6.07) is -0.0516. The number of hydrogen-bond acceptors (Lipinski definition) is 5. The lowest BCUT2D eigenvalue weighted by Gasteiger charge is -2.43. The van der Waals surface area contributed by atoms with Crippen LogP contribution in [0.15, 0.2) is 18.6 Å². The van der Waals surface area contributed by atoms with Crippen LogP contribution in [0.2, 0.25) is 0 Å². The Hall–Kier alpha value is -1.69. The Labute approximate surface area is 131 Å². The summed E-state index contributed by atoms with van der Waals surface area (Å²) in [5.41, 5.74) is 0.0391. The Bertz CT molecular complexity index is 511. The third-order valence-corrected chi connectivity index (χ3v) is 4.84. The van der Waals surface area contributed by atoms with E-state index in [1.807, 2.05) is 4.90 Å². The number of aromatic nitrogens is 2. The zero-order valence-corrected chi connectivity index (χ0v) is 13.5. The lowest BCUT2D eigenvalue weighted by molar-refractivity contribution is -0.137. The zero-order chi connectivity index (χ0) is 15.6. The van der Waals surface area contributed by atoms with E-state index in [4.69, 9.17) is 0 Å². The molecule has 0 bridgehead atoms. The second-order valence-electron chi connectivity index (χ2n) is 6.86. The van der Waals surface area contributed by atoms with Crippen LogP contribution in [0, 0.1) is 5.41 Å². The molecule has 1 atom stereocenters. The normalized spacial score (nSPS) is 25.1. The number of rotatable bonds is 2. The molecule has 0 aromatic carbocycles. The van der Waals surface area contributed by atoms with E-state index in [0.717, 1.165) is 51.4 Å². The molecule has 2 aliphatic heterocycles. The summed E-state index contributed by atoms with van der Waals surface area (Å²) in [5.74, 6) is 1.15. The van der Waals surface area contributed by atoms with E-state index < -0.39 is 0 Å². The van der Waals surface area contributed by atoms with E-state index in [9.17, 15) is 4.79 Å². The van der Waals surface area contributed by atoms with E-state index in [0.29, 0.717) is 0 Å².